The number of rotatable bonds is 6. The second-order valence-electron chi connectivity index (χ2n) is 6.55. The first-order chi connectivity index (χ1) is 13.9. The second-order valence-corrected chi connectivity index (χ2v) is 6.99. The molecule has 0 atom stereocenters. The molecule has 150 valence electrons. The zero-order chi connectivity index (χ0) is 21.0. The summed E-state index contributed by atoms with van der Waals surface area (Å²) in [7, 11) is 0. The van der Waals surface area contributed by atoms with Gasteiger partial charge in [-0.3, -0.25) is 14.2 Å². The molecule has 0 saturated heterocycles. The Morgan fingerprint density at radius 1 is 1.17 bits per heavy atom. The molecule has 1 amide bonds. The fourth-order valence-corrected chi connectivity index (χ4v) is 3.09. The molecule has 29 heavy (non-hydrogen) atoms. The van der Waals surface area contributed by atoms with E-state index in [0.29, 0.717) is 40.0 Å². The van der Waals surface area contributed by atoms with Gasteiger partial charge in [0.05, 0.1) is 6.61 Å². The summed E-state index contributed by atoms with van der Waals surface area (Å²) >= 11 is 6.10. The van der Waals surface area contributed by atoms with Gasteiger partial charge in [0.1, 0.15) is 18.1 Å². The number of ether oxygens (including phenoxy) is 1. The first-order valence-corrected chi connectivity index (χ1v) is 9.63. The van der Waals surface area contributed by atoms with Crippen molar-refractivity contribution in [2.75, 3.05) is 11.9 Å². The summed E-state index contributed by atoms with van der Waals surface area (Å²) in [6.45, 7) is 5.79. The highest BCUT2D eigenvalue weighted by Crippen LogP contribution is 2.21. The maximum atomic E-state index is 12.9. The van der Waals surface area contributed by atoms with Gasteiger partial charge in [0, 0.05) is 27.5 Å². The van der Waals surface area contributed by atoms with Crippen molar-refractivity contribution in [1.29, 1.82) is 0 Å². The summed E-state index contributed by atoms with van der Waals surface area (Å²) in [5, 5.41) is 3.33. The van der Waals surface area contributed by atoms with E-state index in [4.69, 9.17) is 16.3 Å². The number of aryl methyl sites for hydroxylation is 1. The van der Waals surface area contributed by atoms with Crippen LogP contribution in [-0.2, 0) is 11.3 Å². The Kier molecular flexibility index (Phi) is 6.34. The summed E-state index contributed by atoms with van der Waals surface area (Å²) in [5.74, 6) is 0.801. The number of benzene rings is 2. The highest BCUT2D eigenvalue weighted by molar-refractivity contribution is 6.30. The van der Waals surface area contributed by atoms with Crippen molar-refractivity contribution in [3.8, 4) is 17.1 Å². The average Bonchev–Trinajstić information content (AvgIpc) is 2.70. The van der Waals surface area contributed by atoms with Gasteiger partial charge in [0.2, 0.25) is 5.91 Å². The van der Waals surface area contributed by atoms with Crippen molar-refractivity contribution in [3.05, 3.63) is 75.2 Å². The molecule has 0 aliphatic carbocycles. The lowest BCUT2D eigenvalue weighted by atomic mass is 10.1. The molecule has 2 aromatic carbocycles. The van der Waals surface area contributed by atoms with Crippen LogP contribution >= 0.6 is 11.6 Å². The Balaban J connectivity index is 1.90. The normalized spacial score (nSPS) is 10.6. The molecule has 7 heteroatoms. The molecule has 3 rings (SSSR count). The van der Waals surface area contributed by atoms with Gasteiger partial charge >= 0.3 is 0 Å². The van der Waals surface area contributed by atoms with E-state index < -0.39 is 0 Å². The van der Waals surface area contributed by atoms with E-state index in [9.17, 15) is 9.59 Å². The largest absolute Gasteiger partial charge is 0.494 e. The predicted molar refractivity (Wildman–Crippen MR) is 115 cm³/mol. The quantitative estimate of drug-likeness (QED) is 0.659. The molecule has 0 aliphatic heterocycles. The summed E-state index contributed by atoms with van der Waals surface area (Å²) in [5.41, 5.74) is 2.16. The van der Waals surface area contributed by atoms with E-state index in [-0.39, 0.29) is 18.0 Å². The van der Waals surface area contributed by atoms with Crippen LogP contribution in [0.5, 0.6) is 5.75 Å². The van der Waals surface area contributed by atoms with Crippen LogP contribution in [0.3, 0.4) is 0 Å². The minimum Gasteiger partial charge on any atom is -0.494 e. The molecule has 0 aliphatic rings. The highest BCUT2D eigenvalue weighted by Gasteiger charge is 2.16. The SMILES string of the molecule is CCOc1ccc(NC(=O)Cn2c(-c3cccc(Cl)c3)nc(C)c(C)c2=O)cc1. The average molecular weight is 412 g/mol. The van der Waals surface area contributed by atoms with Crippen LogP contribution in [0.25, 0.3) is 11.4 Å². The Labute approximate surface area is 174 Å². The minimum atomic E-state index is -0.329. The van der Waals surface area contributed by atoms with Crippen LogP contribution in [0.1, 0.15) is 18.2 Å². The first-order valence-electron chi connectivity index (χ1n) is 9.25. The molecule has 6 nitrogen and oxygen atoms in total. The van der Waals surface area contributed by atoms with Gasteiger partial charge in [-0.05, 0) is 57.2 Å². The topological polar surface area (TPSA) is 73.2 Å². The highest BCUT2D eigenvalue weighted by atomic mass is 35.5. The molecule has 3 aromatic rings. The molecule has 0 bridgehead atoms. The lowest BCUT2D eigenvalue weighted by Gasteiger charge is -2.15. The summed E-state index contributed by atoms with van der Waals surface area (Å²) in [6, 6.07) is 14.1. The van der Waals surface area contributed by atoms with Crippen molar-refractivity contribution in [2.24, 2.45) is 0 Å². The molecule has 1 heterocycles. The van der Waals surface area contributed by atoms with Crippen LogP contribution in [0.2, 0.25) is 5.02 Å². The van der Waals surface area contributed by atoms with Crippen LogP contribution in [0, 0.1) is 13.8 Å². The number of nitrogens with zero attached hydrogens (tertiary/aromatic N) is 2. The molecule has 0 unspecified atom stereocenters. The monoisotopic (exact) mass is 411 g/mol. The number of hydrogen-bond donors (Lipinski definition) is 1. The van der Waals surface area contributed by atoms with Crippen molar-refractivity contribution in [2.45, 2.75) is 27.3 Å². The number of anilines is 1. The fraction of sp³-hybridized carbons (Fsp3) is 0.227. The Hall–Kier alpha value is -3.12. The Morgan fingerprint density at radius 2 is 1.90 bits per heavy atom. The lowest BCUT2D eigenvalue weighted by Crippen LogP contribution is -2.31. The van der Waals surface area contributed by atoms with E-state index in [1.807, 2.05) is 13.0 Å². The number of hydrogen-bond acceptors (Lipinski definition) is 4. The lowest BCUT2D eigenvalue weighted by molar-refractivity contribution is -0.116. The molecule has 0 radical (unpaired) electrons. The van der Waals surface area contributed by atoms with Gasteiger partial charge in [0.15, 0.2) is 0 Å². The molecular formula is C22H22ClN3O3. The standard InChI is InChI=1S/C22H22ClN3O3/c1-4-29-19-10-8-18(9-11-19)25-20(27)13-26-21(16-6-5-7-17(23)12-16)24-15(3)14(2)22(26)28/h5-12H,4,13H2,1-3H3,(H,25,27). The van der Waals surface area contributed by atoms with Crippen LogP contribution in [0.15, 0.2) is 53.3 Å². The first kappa shape index (κ1) is 20.6. The third kappa shape index (κ3) is 4.84. The van der Waals surface area contributed by atoms with Crippen LogP contribution in [-0.4, -0.2) is 22.1 Å². The maximum absolute atomic E-state index is 12.9. The predicted octanol–water partition coefficient (Wildman–Crippen LogP) is 4.22. The van der Waals surface area contributed by atoms with Crippen molar-refractivity contribution < 1.29 is 9.53 Å². The Morgan fingerprint density at radius 3 is 2.55 bits per heavy atom. The van der Waals surface area contributed by atoms with E-state index >= 15 is 0 Å². The molecule has 1 N–H and O–H groups in total. The van der Waals surface area contributed by atoms with Gasteiger partial charge in [-0.1, -0.05) is 23.7 Å². The molecule has 0 spiro atoms. The van der Waals surface area contributed by atoms with Crippen LogP contribution in [0.4, 0.5) is 5.69 Å². The number of amides is 1. The molecular weight excluding hydrogens is 390 g/mol. The van der Waals surface area contributed by atoms with E-state index in [0.717, 1.165) is 5.75 Å². The van der Waals surface area contributed by atoms with Crippen LogP contribution < -0.4 is 15.6 Å². The third-order valence-electron chi connectivity index (χ3n) is 4.47. The van der Waals surface area contributed by atoms with Crippen molar-refractivity contribution in [1.82, 2.24) is 9.55 Å². The molecule has 1 aromatic heterocycles. The van der Waals surface area contributed by atoms with Gasteiger partial charge in [0.25, 0.3) is 5.56 Å². The summed E-state index contributed by atoms with van der Waals surface area (Å²) in [4.78, 5) is 30.0. The maximum Gasteiger partial charge on any atom is 0.257 e. The second kappa shape index (κ2) is 8.92. The number of aromatic nitrogens is 2. The number of carbonyl (C=O) groups is 1. The summed E-state index contributed by atoms with van der Waals surface area (Å²) in [6.07, 6.45) is 0. The third-order valence-corrected chi connectivity index (χ3v) is 4.71. The molecule has 0 fully saturated rings. The van der Waals surface area contributed by atoms with Crippen molar-refractivity contribution >= 4 is 23.2 Å². The van der Waals surface area contributed by atoms with Gasteiger partial charge in [-0.25, -0.2) is 4.98 Å². The van der Waals surface area contributed by atoms with Gasteiger partial charge < -0.3 is 10.1 Å². The fourth-order valence-electron chi connectivity index (χ4n) is 2.90. The van der Waals surface area contributed by atoms with E-state index in [2.05, 4.69) is 10.3 Å². The zero-order valence-corrected chi connectivity index (χ0v) is 17.3. The van der Waals surface area contributed by atoms with Gasteiger partial charge in [-0.2, -0.15) is 0 Å². The minimum absolute atomic E-state index is 0.165. The smallest absolute Gasteiger partial charge is 0.257 e. The Bertz CT molecular complexity index is 1090. The number of carbonyl (C=O) groups excluding carboxylic acids is 1. The number of halogens is 1. The molecule has 0 saturated carbocycles. The van der Waals surface area contributed by atoms with E-state index in [1.54, 1.807) is 56.3 Å². The summed E-state index contributed by atoms with van der Waals surface area (Å²) < 4.78 is 6.77. The van der Waals surface area contributed by atoms with Gasteiger partial charge in [-0.15, -0.1) is 0 Å². The number of nitrogens with one attached hydrogen (secondary N) is 1. The zero-order valence-electron chi connectivity index (χ0n) is 16.5. The van der Waals surface area contributed by atoms with E-state index in [1.165, 1.54) is 4.57 Å². The van der Waals surface area contributed by atoms with Crippen molar-refractivity contribution in [3.63, 3.8) is 0 Å².